The van der Waals surface area contributed by atoms with Crippen molar-refractivity contribution in [3.63, 3.8) is 0 Å². The lowest BCUT2D eigenvalue weighted by atomic mass is 9.96. The second-order valence-corrected chi connectivity index (χ2v) is 8.45. The Hall–Kier alpha value is -3.19. The van der Waals surface area contributed by atoms with E-state index in [1.54, 1.807) is 11.0 Å². The molecular weight excluding hydrogens is 410 g/mol. The molecule has 1 saturated heterocycles. The Morgan fingerprint density at radius 1 is 1.19 bits per heavy atom. The van der Waals surface area contributed by atoms with Gasteiger partial charge in [0.25, 0.3) is 0 Å². The lowest BCUT2D eigenvalue weighted by molar-refractivity contribution is -0.130. The zero-order valence-corrected chi connectivity index (χ0v) is 18.2. The van der Waals surface area contributed by atoms with E-state index < -0.39 is 0 Å². The van der Waals surface area contributed by atoms with Gasteiger partial charge >= 0.3 is 0 Å². The molecule has 2 aromatic carbocycles. The number of carbonyl (C=O) groups excluding carboxylic acids is 2. The highest BCUT2D eigenvalue weighted by molar-refractivity contribution is 7.22. The first-order chi connectivity index (χ1) is 15.1. The number of ether oxygens (including phenoxy) is 1. The van der Waals surface area contributed by atoms with Gasteiger partial charge in [-0.2, -0.15) is 0 Å². The van der Waals surface area contributed by atoms with E-state index in [-0.39, 0.29) is 17.7 Å². The molecule has 4 rings (SSSR count). The van der Waals surface area contributed by atoms with Crippen molar-refractivity contribution >= 4 is 44.6 Å². The molecule has 160 valence electrons. The average molecular weight is 436 g/mol. The number of fused-ring (bicyclic) bond motifs is 1. The molecule has 2 amide bonds. The zero-order valence-electron chi connectivity index (χ0n) is 17.4. The normalized spacial score (nSPS) is 14.8. The standard InChI is InChI=1S/C24H25N3O3S/c1-2-30-19-9-10-20-21(16-19)31-24(25-20)26-23(29)18-12-14-27(15-13-18)22(28)11-8-17-6-4-3-5-7-17/h3-11,16,18H,2,12-15H2,1H3,(H,25,26,29). The molecule has 7 heteroatoms. The average Bonchev–Trinajstić information content (AvgIpc) is 3.20. The highest BCUT2D eigenvalue weighted by atomic mass is 32.1. The molecule has 0 spiro atoms. The van der Waals surface area contributed by atoms with E-state index in [9.17, 15) is 9.59 Å². The zero-order chi connectivity index (χ0) is 21.6. The van der Waals surface area contributed by atoms with Gasteiger partial charge < -0.3 is 15.0 Å². The summed E-state index contributed by atoms with van der Waals surface area (Å²) in [4.78, 5) is 31.5. The number of rotatable bonds is 6. The summed E-state index contributed by atoms with van der Waals surface area (Å²) in [6.45, 7) is 3.71. The van der Waals surface area contributed by atoms with Crippen molar-refractivity contribution < 1.29 is 14.3 Å². The van der Waals surface area contributed by atoms with Crippen LogP contribution in [0.2, 0.25) is 0 Å². The van der Waals surface area contributed by atoms with Crippen molar-refractivity contribution in [2.75, 3.05) is 25.0 Å². The SMILES string of the molecule is CCOc1ccc2nc(NC(=O)C3CCN(C(=O)C=Cc4ccccc4)CC3)sc2c1. The second-order valence-electron chi connectivity index (χ2n) is 7.41. The molecule has 6 nitrogen and oxygen atoms in total. The Kier molecular flexibility index (Phi) is 6.62. The number of hydrogen-bond acceptors (Lipinski definition) is 5. The number of piperidine rings is 1. The molecule has 1 aliphatic heterocycles. The fourth-order valence-electron chi connectivity index (χ4n) is 3.62. The Bertz CT molecular complexity index is 1090. The highest BCUT2D eigenvalue weighted by Crippen LogP contribution is 2.30. The molecule has 0 aliphatic carbocycles. The predicted octanol–water partition coefficient (Wildman–Crippen LogP) is 4.59. The molecule has 1 fully saturated rings. The molecule has 0 unspecified atom stereocenters. The summed E-state index contributed by atoms with van der Waals surface area (Å²) in [5.41, 5.74) is 1.84. The number of amides is 2. The second kappa shape index (κ2) is 9.75. The Labute approximate surface area is 185 Å². The van der Waals surface area contributed by atoms with Crippen molar-refractivity contribution in [3.8, 4) is 5.75 Å². The van der Waals surface area contributed by atoms with E-state index in [0.717, 1.165) is 21.5 Å². The minimum atomic E-state index is -0.117. The van der Waals surface area contributed by atoms with E-state index in [0.29, 0.717) is 37.7 Å². The van der Waals surface area contributed by atoms with Crippen LogP contribution in [-0.4, -0.2) is 41.4 Å². The molecule has 2 heterocycles. The first kappa shape index (κ1) is 21.1. The van der Waals surface area contributed by atoms with Gasteiger partial charge in [0.1, 0.15) is 5.75 Å². The third-order valence-electron chi connectivity index (χ3n) is 5.30. The topological polar surface area (TPSA) is 71.5 Å². The monoisotopic (exact) mass is 435 g/mol. The number of likely N-dealkylation sites (tertiary alicyclic amines) is 1. The fraction of sp³-hybridized carbons (Fsp3) is 0.292. The number of carbonyl (C=O) groups is 2. The smallest absolute Gasteiger partial charge is 0.246 e. The molecule has 0 radical (unpaired) electrons. The van der Waals surface area contributed by atoms with Crippen LogP contribution in [0, 0.1) is 5.92 Å². The third-order valence-corrected chi connectivity index (χ3v) is 6.23. The van der Waals surface area contributed by atoms with Gasteiger partial charge in [-0.1, -0.05) is 41.7 Å². The number of hydrogen-bond donors (Lipinski definition) is 1. The first-order valence-electron chi connectivity index (χ1n) is 10.5. The lowest BCUT2D eigenvalue weighted by Crippen LogP contribution is -2.40. The van der Waals surface area contributed by atoms with Crippen LogP contribution in [0.15, 0.2) is 54.6 Å². The van der Waals surface area contributed by atoms with Crippen LogP contribution in [-0.2, 0) is 9.59 Å². The summed E-state index contributed by atoms with van der Waals surface area (Å²) in [6.07, 6.45) is 4.73. The van der Waals surface area contributed by atoms with E-state index >= 15 is 0 Å². The van der Waals surface area contributed by atoms with Crippen LogP contribution in [0.3, 0.4) is 0 Å². The van der Waals surface area contributed by atoms with Crippen molar-refractivity contribution in [2.24, 2.45) is 5.92 Å². The van der Waals surface area contributed by atoms with E-state index in [1.165, 1.54) is 11.3 Å². The van der Waals surface area contributed by atoms with Crippen molar-refractivity contribution in [3.05, 3.63) is 60.2 Å². The van der Waals surface area contributed by atoms with Crippen LogP contribution in [0.4, 0.5) is 5.13 Å². The maximum Gasteiger partial charge on any atom is 0.246 e. The number of benzene rings is 2. The highest BCUT2D eigenvalue weighted by Gasteiger charge is 2.27. The number of anilines is 1. The minimum absolute atomic E-state index is 0.0148. The molecule has 0 atom stereocenters. The van der Waals surface area contributed by atoms with Crippen LogP contribution < -0.4 is 10.1 Å². The van der Waals surface area contributed by atoms with E-state index in [2.05, 4.69) is 10.3 Å². The number of nitrogens with one attached hydrogen (secondary N) is 1. The van der Waals surface area contributed by atoms with Gasteiger partial charge in [0.05, 0.1) is 16.8 Å². The van der Waals surface area contributed by atoms with Crippen molar-refractivity contribution in [1.29, 1.82) is 0 Å². The summed E-state index contributed by atoms with van der Waals surface area (Å²) >= 11 is 1.44. The van der Waals surface area contributed by atoms with Gasteiger partial charge in [0.15, 0.2) is 5.13 Å². The molecule has 1 N–H and O–H groups in total. The Morgan fingerprint density at radius 3 is 2.71 bits per heavy atom. The minimum Gasteiger partial charge on any atom is -0.494 e. The molecule has 1 aliphatic rings. The van der Waals surface area contributed by atoms with Crippen LogP contribution in [0.1, 0.15) is 25.3 Å². The van der Waals surface area contributed by atoms with Crippen molar-refractivity contribution in [2.45, 2.75) is 19.8 Å². The Balaban J connectivity index is 1.30. The third kappa shape index (κ3) is 5.30. The van der Waals surface area contributed by atoms with Gasteiger partial charge in [-0.05, 0) is 49.6 Å². The summed E-state index contributed by atoms with van der Waals surface area (Å²) < 4.78 is 6.50. The Morgan fingerprint density at radius 2 is 1.97 bits per heavy atom. The molecule has 1 aromatic heterocycles. The molecule has 3 aromatic rings. The molecule has 0 saturated carbocycles. The van der Waals surface area contributed by atoms with Gasteiger partial charge in [0.2, 0.25) is 11.8 Å². The quantitative estimate of drug-likeness (QED) is 0.575. The fourth-order valence-corrected chi connectivity index (χ4v) is 4.52. The predicted molar refractivity (Wildman–Crippen MR) is 124 cm³/mol. The number of thiazole rings is 1. The summed E-state index contributed by atoms with van der Waals surface area (Å²) in [6, 6.07) is 15.5. The van der Waals surface area contributed by atoms with Crippen LogP contribution >= 0.6 is 11.3 Å². The van der Waals surface area contributed by atoms with Gasteiger partial charge in [0, 0.05) is 25.1 Å². The van der Waals surface area contributed by atoms with E-state index in [4.69, 9.17) is 4.74 Å². The maximum atomic E-state index is 12.7. The summed E-state index contributed by atoms with van der Waals surface area (Å²) in [5, 5.41) is 3.55. The van der Waals surface area contributed by atoms with Gasteiger partial charge in [-0.15, -0.1) is 0 Å². The van der Waals surface area contributed by atoms with Crippen LogP contribution in [0.5, 0.6) is 5.75 Å². The first-order valence-corrected chi connectivity index (χ1v) is 11.3. The molecule has 0 bridgehead atoms. The van der Waals surface area contributed by atoms with Crippen LogP contribution in [0.25, 0.3) is 16.3 Å². The van der Waals surface area contributed by atoms with Gasteiger partial charge in [-0.25, -0.2) is 4.98 Å². The molecule has 31 heavy (non-hydrogen) atoms. The largest absolute Gasteiger partial charge is 0.494 e. The number of aromatic nitrogens is 1. The molecular formula is C24H25N3O3S. The summed E-state index contributed by atoms with van der Waals surface area (Å²) in [5.74, 6) is 0.637. The lowest BCUT2D eigenvalue weighted by Gasteiger charge is -2.30. The number of nitrogens with zero attached hydrogens (tertiary/aromatic N) is 2. The van der Waals surface area contributed by atoms with Crippen molar-refractivity contribution in [1.82, 2.24) is 9.88 Å². The maximum absolute atomic E-state index is 12.7. The van der Waals surface area contributed by atoms with E-state index in [1.807, 2.05) is 61.5 Å². The van der Waals surface area contributed by atoms with Gasteiger partial charge in [-0.3, -0.25) is 9.59 Å². The summed E-state index contributed by atoms with van der Waals surface area (Å²) in [7, 11) is 0.